The zero-order valence-corrected chi connectivity index (χ0v) is 11.7. The Bertz CT molecular complexity index is 334. The molecule has 3 rings (SSSR count). The number of primary amides is 1. The molecule has 3 heterocycles. The lowest BCUT2D eigenvalue weighted by molar-refractivity contribution is -0.929. The summed E-state index contributed by atoms with van der Waals surface area (Å²) in [7, 11) is 0. The minimum absolute atomic E-state index is 0.110. The fourth-order valence-corrected chi connectivity index (χ4v) is 4.14. The van der Waals surface area contributed by atoms with Gasteiger partial charge in [0.1, 0.15) is 6.04 Å². The van der Waals surface area contributed by atoms with Crippen molar-refractivity contribution in [3.63, 3.8) is 0 Å². The number of nitrogens with two attached hydrogens (primary N) is 2. The maximum absolute atomic E-state index is 11.2. The summed E-state index contributed by atoms with van der Waals surface area (Å²) in [4.78, 5) is 12.9. The summed E-state index contributed by atoms with van der Waals surface area (Å²) in [6.07, 6.45) is 5.56. The van der Waals surface area contributed by atoms with Gasteiger partial charge in [0.15, 0.2) is 0 Å². The Hall–Kier alpha value is -0.650. The van der Waals surface area contributed by atoms with Crippen LogP contribution in [0.3, 0.4) is 0 Å². The van der Waals surface area contributed by atoms with E-state index in [1.807, 2.05) is 0 Å². The van der Waals surface area contributed by atoms with E-state index in [1.54, 1.807) is 4.90 Å². The van der Waals surface area contributed by atoms with Gasteiger partial charge in [-0.2, -0.15) is 0 Å². The van der Waals surface area contributed by atoms with Crippen LogP contribution in [-0.4, -0.2) is 50.3 Å². The molecule has 3 fully saturated rings. The van der Waals surface area contributed by atoms with Gasteiger partial charge in [0.2, 0.25) is 5.91 Å². The van der Waals surface area contributed by atoms with E-state index in [0.717, 1.165) is 32.5 Å². The third kappa shape index (κ3) is 2.78. The molecule has 3 aliphatic heterocycles. The van der Waals surface area contributed by atoms with Gasteiger partial charge in [-0.05, 0) is 0 Å². The van der Waals surface area contributed by atoms with Crippen LogP contribution in [0.1, 0.15) is 32.1 Å². The minimum atomic E-state index is -0.110. The molecule has 3 saturated heterocycles. The summed E-state index contributed by atoms with van der Waals surface area (Å²) >= 11 is 0. The Morgan fingerprint density at radius 3 is 2.58 bits per heavy atom. The maximum Gasteiger partial charge on any atom is 0.220 e. The molecule has 5 heteroatoms. The first-order valence-electron chi connectivity index (χ1n) is 7.78. The average molecular weight is 269 g/mol. The summed E-state index contributed by atoms with van der Waals surface area (Å²) in [5.74, 6) is 0.00493. The van der Waals surface area contributed by atoms with Crippen molar-refractivity contribution in [3.05, 3.63) is 0 Å². The molecule has 0 aromatic heterocycles. The van der Waals surface area contributed by atoms with Crippen LogP contribution in [0.5, 0.6) is 0 Å². The summed E-state index contributed by atoms with van der Waals surface area (Å²) in [5.41, 5.74) is 5.59. The lowest BCUT2D eigenvalue weighted by atomic mass is 9.87. The number of carbonyl (C=O) groups excluding carboxylic acids is 1. The van der Waals surface area contributed by atoms with Crippen LogP contribution in [0.4, 0.5) is 0 Å². The first-order chi connectivity index (χ1) is 9.19. The third-order valence-electron chi connectivity index (χ3n) is 5.42. The molecule has 19 heavy (non-hydrogen) atoms. The third-order valence-corrected chi connectivity index (χ3v) is 5.42. The number of quaternary nitrogens is 2. The highest BCUT2D eigenvalue weighted by Gasteiger charge is 2.46. The number of hydrogen-bond acceptors (Lipinski definition) is 2. The molecule has 5 nitrogen and oxygen atoms in total. The summed E-state index contributed by atoms with van der Waals surface area (Å²) in [6, 6.07) is 0.645. The molecule has 3 aliphatic rings. The molecule has 1 atom stereocenters. The smallest absolute Gasteiger partial charge is 0.220 e. The fraction of sp³-hybridized carbons (Fsp3) is 0.929. The molecule has 1 amide bonds. The quantitative estimate of drug-likeness (QED) is 0.525. The van der Waals surface area contributed by atoms with E-state index in [1.165, 1.54) is 32.4 Å². The Labute approximate surface area is 114 Å². The van der Waals surface area contributed by atoms with Gasteiger partial charge in [-0.3, -0.25) is 4.79 Å². The normalized spacial score (nSPS) is 38.4. The Morgan fingerprint density at radius 1 is 1.26 bits per heavy atom. The lowest BCUT2D eigenvalue weighted by Crippen LogP contribution is -3.17. The lowest BCUT2D eigenvalue weighted by Gasteiger charge is -2.33. The second-order valence-corrected chi connectivity index (χ2v) is 6.60. The fourth-order valence-electron chi connectivity index (χ4n) is 4.14. The van der Waals surface area contributed by atoms with Crippen molar-refractivity contribution >= 4 is 5.91 Å². The highest BCUT2D eigenvalue weighted by molar-refractivity contribution is 5.76. The molecule has 0 saturated carbocycles. The predicted molar refractivity (Wildman–Crippen MR) is 70.6 cm³/mol. The van der Waals surface area contributed by atoms with Crippen LogP contribution in [0.2, 0.25) is 0 Å². The molecular weight excluding hydrogens is 242 g/mol. The van der Waals surface area contributed by atoms with Crippen molar-refractivity contribution in [2.75, 3.05) is 32.8 Å². The zero-order valence-electron chi connectivity index (χ0n) is 11.7. The van der Waals surface area contributed by atoms with Gasteiger partial charge in [0.05, 0.1) is 38.4 Å². The summed E-state index contributed by atoms with van der Waals surface area (Å²) < 4.78 is 6.19. The maximum atomic E-state index is 11.2. The van der Waals surface area contributed by atoms with Gasteiger partial charge in [-0.1, -0.05) is 0 Å². The SMILES string of the molecule is NC(=O)C1CC[NH+]([C@@H]2COC3(CC[NH2+]CC3)C2)CC1. The van der Waals surface area contributed by atoms with E-state index in [-0.39, 0.29) is 17.4 Å². The van der Waals surface area contributed by atoms with Crippen molar-refractivity contribution < 1.29 is 19.7 Å². The van der Waals surface area contributed by atoms with E-state index in [0.29, 0.717) is 6.04 Å². The second kappa shape index (κ2) is 5.38. The molecular formula is C14H27N3O2+2. The van der Waals surface area contributed by atoms with E-state index >= 15 is 0 Å². The van der Waals surface area contributed by atoms with E-state index < -0.39 is 0 Å². The largest absolute Gasteiger partial charge is 0.369 e. The zero-order chi connectivity index (χ0) is 13.3. The number of amides is 1. The van der Waals surface area contributed by atoms with E-state index in [4.69, 9.17) is 10.5 Å². The number of likely N-dealkylation sites (tertiary alicyclic amines) is 1. The Kier molecular flexibility index (Phi) is 3.78. The van der Waals surface area contributed by atoms with Crippen LogP contribution >= 0.6 is 0 Å². The molecule has 0 unspecified atom stereocenters. The highest BCUT2D eigenvalue weighted by atomic mass is 16.5. The monoisotopic (exact) mass is 269 g/mol. The molecule has 0 aromatic carbocycles. The van der Waals surface area contributed by atoms with E-state index in [2.05, 4.69) is 5.32 Å². The second-order valence-electron chi connectivity index (χ2n) is 6.60. The first kappa shape index (κ1) is 13.3. The van der Waals surface area contributed by atoms with Gasteiger partial charge < -0.3 is 20.7 Å². The van der Waals surface area contributed by atoms with Crippen LogP contribution in [0.25, 0.3) is 0 Å². The number of nitrogens with one attached hydrogen (secondary N) is 1. The first-order valence-corrected chi connectivity index (χ1v) is 7.78. The average Bonchev–Trinajstić information content (AvgIpc) is 2.83. The number of piperidine rings is 2. The van der Waals surface area contributed by atoms with E-state index in [9.17, 15) is 4.79 Å². The molecule has 108 valence electrons. The standard InChI is InChI=1S/C14H25N3O2/c15-13(18)11-1-7-17(8-2-11)12-9-14(19-10-12)3-5-16-6-4-14/h11-12,16H,1-10H2,(H2,15,18)/p+2/t12-/m0/s1. The summed E-state index contributed by atoms with van der Waals surface area (Å²) in [5, 5.41) is 2.40. The van der Waals surface area contributed by atoms with Crippen LogP contribution in [-0.2, 0) is 9.53 Å². The van der Waals surface area contributed by atoms with Gasteiger partial charge in [-0.25, -0.2) is 0 Å². The van der Waals surface area contributed by atoms with Crippen molar-refractivity contribution in [1.29, 1.82) is 0 Å². The number of hydrogen-bond donors (Lipinski definition) is 3. The molecule has 0 aromatic rings. The number of ether oxygens (including phenoxy) is 1. The van der Waals surface area contributed by atoms with Gasteiger partial charge >= 0.3 is 0 Å². The number of carbonyl (C=O) groups is 1. The Morgan fingerprint density at radius 2 is 1.95 bits per heavy atom. The van der Waals surface area contributed by atoms with Crippen molar-refractivity contribution in [3.8, 4) is 0 Å². The summed E-state index contributed by atoms with van der Waals surface area (Å²) in [6.45, 7) is 5.52. The molecule has 1 spiro atoms. The molecule has 0 radical (unpaired) electrons. The molecule has 0 bridgehead atoms. The van der Waals surface area contributed by atoms with Crippen molar-refractivity contribution in [2.45, 2.75) is 43.7 Å². The van der Waals surface area contributed by atoms with Crippen LogP contribution in [0.15, 0.2) is 0 Å². The van der Waals surface area contributed by atoms with Crippen molar-refractivity contribution in [1.82, 2.24) is 0 Å². The van der Waals surface area contributed by atoms with Crippen LogP contribution < -0.4 is 16.0 Å². The highest BCUT2D eigenvalue weighted by Crippen LogP contribution is 2.32. The Balaban J connectivity index is 1.53. The number of rotatable bonds is 2. The van der Waals surface area contributed by atoms with Crippen molar-refractivity contribution in [2.24, 2.45) is 11.7 Å². The topological polar surface area (TPSA) is 73.4 Å². The van der Waals surface area contributed by atoms with Gasteiger partial charge in [-0.15, -0.1) is 0 Å². The van der Waals surface area contributed by atoms with Gasteiger partial charge in [0, 0.05) is 38.0 Å². The molecule has 0 aliphatic carbocycles. The predicted octanol–water partition coefficient (Wildman–Crippen LogP) is -2.35. The van der Waals surface area contributed by atoms with Gasteiger partial charge in [0.25, 0.3) is 0 Å². The van der Waals surface area contributed by atoms with Crippen LogP contribution in [0, 0.1) is 5.92 Å². The minimum Gasteiger partial charge on any atom is -0.369 e. The molecule has 5 N–H and O–H groups in total.